The Balaban J connectivity index is 2.37. The van der Waals surface area contributed by atoms with Crippen molar-refractivity contribution in [2.24, 2.45) is 5.73 Å². The monoisotopic (exact) mass is 245 g/mol. The molecule has 0 heterocycles. The maximum absolute atomic E-state index is 6.26. The van der Waals surface area contributed by atoms with Crippen LogP contribution in [0.15, 0.2) is 48.5 Å². The molecule has 0 radical (unpaired) electrons. The Morgan fingerprint density at radius 1 is 1.12 bits per heavy atom. The van der Waals surface area contributed by atoms with Crippen LogP contribution in [0.5, 0.6) is 0 Å². The minimum atomic E-state index is -0.157. The zero-order chi connectivity index (χ0) is 12.3. The van der Waals surface area contributed by atoms with E-state index in [0.29, 0.717) is 0 Å². The van der Waals surface area contributed by atoms with Crippen molar-refractivity contribution >= 4 is 11.6 Å². The molecule has 2 aromatic rings. The zero-order valence-corrected chi connectivity index (χ0v) is 10.6. The van der Waals surface area contributed by atoms with Crippen LogP contribution in [0, 0.1) is 0 Å². The largest absolute Gasteiger partial charge is 0.320 e. The molecular formula is C15H16ClN. The SMILES string of the molecule is CCc1cccc(C(N)c2ccccc2Cl)c1. The van der Waals surface area contributed by atoms with Gasteiger partial charge < -0.3 is 5.73 Å². The predicted octanol–water partition coefficient (Wildman–Crippen LogP) is 3.95. The summed E-state index contributed by atoms with van der Waals surface area (Å²) in [4.78, 5) is 0. The molecule has 88 valence electrons. The van der Waals surface area contributed by atoms with E-state index in [1.54, 1.807) is 0 Å². The van der Waals surface area contributed by atoms with Crippen LogP contribution in [-0.2, 0) is 6.42 Å². The van der Waals surface area contributed by atoms with Crippen molar-refractivity contribution in [3.8, 4) is 0 Å². The lowest BCUT2D eigenvalue weighted by Gasteiger charge is -2.15. The molecule has 0 aliphatic heterocycles. The summed E-state index contributed by atoms with van der Waals surface area (Å²) >= 11 is 6.16. The molecule has 2 heteroatoms. The van der Waals surface area contributed by atoms with Crippen LogP contribution < -0.4 is 5.73 Å². The molecule has 1 atom stereocenters. The number of hydrogen-bond acceptors (Lipinski definition) is 1. The summed E-state index contributed by atoms with van der Waals surface area (Å²) in [5, 5.41) is 0.724. The summed E-state index contributed by atoms with van der Waals surface area (Å²) in [6, 6.07) is 15.9. The molecule has 0 saturated carbocycles. The third-order valence-corrected chi connectivity index (χ3v) is 3.30. The molecule has 0 aliphatic rings. The van der Waals surface area contributed by atoms with E-state index < -0.39 is 0 Å². The first-order valence-corrected chi connectivity index (χ1v) is 6.19. The Kier molecular flexibility index (Phi) is 3.82. The molecule has 1 unspecified atom stereocenters. The van der Waals surface area contributed by atoms with Crippen LogP contribution in [0.3, 0.4) is 0 Å². The van der Waals surface area contributed by atoms with Crippen molar-refractivity contribution in [2.45, 2.75) is 19.4 Å². The van der Waals surface area contributed by atoms with Gasteiger partial charge in [0, 0.05) is 5.02 Å². The third-order valence-electron chi connectivity index (χ3n) is 2.96. The van der Waals surface area contributed by atoms with Gasteiger partial charge in [0.15, 0.2) is 0 Å². The molecule has 0 aliphatic carbocycles. The summed E-state index contributed by atoms with van der Waals surface area (Å²) in [6.07, 6.45) is 1.02. The molecule has 0 fully saturated rings. The van der Waals surface area contributed by atoms with E-state index in [4.69, 9.17) is 17.3 Å². The molecule has 17 heavy (non-hydrogen) atoms. The molecule has 0 amide bonds. The fourth-order valence-electron chi connectivity index (χ4n) is 1.91. The molecule has 0 spiro atoms. The number of benzene rings is 2. The molecule has 0 bridgehead atoms. The van der Waals surface area contributed by atoms with Gasteiger partial charge >= 0.3 is 0 Å². The molecule has 1 nitrogen and oxygen atoms in total. The Bertz CT molecular complexity index is 508. The van der Waals surface area contributed by atoms with Gasteiger partial charge in [-0.3, -0.25) is 0 Å². The molecule has 2 aromatic carbocycles. The number of hydrogen-bond donors (Lipinski definition) is 1. The summed E-state index contributed by atoms with van der Waals surface area (Å²) in [5.74, 6) is 0. The Morgan fingerprint density at radius 2 is 1.88 bits per heavy atom. The Hall–Kier alpha value is -1.31. The van der Waals surface area contributed by atoms with E-state index >= 15 is 0 Å². The van der Waals surface area contributed by atoms with E-state index in [-0.39, 0.29) is 6.04 Å². The standard InChI is InChI=1S/C15H16ClN/c1-2-11-6-5-7-12(10-11)15(17)13-8-3-4-9-14(13)16/h3-10,15H,2,17H2,1H3. The lowest BCUT2D eigenvalue weighted by Crippen LogP contribution is -2.12. The van der Waals surface area contributed by atoms with Crippen molar-refractivity contribution in [1.29, 1.82) is 0 Å². The first kappa shape index (κ1) is 12.2. The number of rotatable bonds is 3. The van der Waals surface area contributed by atoms with Gasteiger partial charge in [-0.1, -0.05) is 61.0 Å². The maximum atomic E-state index is 6.26. The van der Waals surface area contributed by atoms with Gasteiger partial charge in [-0.05, 0) is 29.2 Å². The van der Waals surface area contributed by atoms with Gasteiger partial charge in [0.25, 0.3) is 0 Å². The second-order valence-corrected chi connectivity index (χ2v) is 4.50. The highest BCUT2D eigenvalue weighted by Gasteiger charge is 2.11. The molecular weight excluding hydrogens is 230 g/mol. The topological polar surface area (TPSA) is 26.0 Å². The van der Waals surface area contributed by atoms with Gasteiger partial charge in [0.1, 0.15) is 0 Å². The van der Waals surface area contributed by atoms with E-state index in [1.807, 2.05) is 36.4 Å². The lowest BCUT2D eigenvalue weighted by atomic mass is 9.97. The number of aryl methyl sites for hydroxylation is 1. The first-order valence-electron chi connectivity index (χ1n) is 5.81. The van der Waals surface area contributed by atoms with Crippen molar-refractivity contribution in [1.82, 2.24) is 0 Å². The average molecular weight is 246 g/mol. The van der Waals surface area contributed by atoms with Crippen LogP contribution in [-0.4, -0.2) is 0 Å². The summed E-state index contributed by atoms with van der Waals surface area (Å²) in [5.41, 5.74) is 9.64. The minimum Gasteiger partial charge on any atom is -0.320 e. The highest BCUT2D eigenvalue weighted by atomic mass is 35.5. The van der Waals surface area contributed by atoms with Gasteiger partial charge in [-0.15, -0.1) is 0 Å². The van der Waals surface area contributed by atoms with Gasteiger partial charge in [-0.25, -0.2) is 0 Å². The lowest BCUT2D eigenvalue weighted by molar-refractivity contribution is 0.867. The fraction of sp³-hybridized carbons (Fsp3) is 0.200. The molecule has 2 rings (SSSR count). The van der Waals surface area contributed by atoms with Crippen molar-refractivity contribution in [3.63, 3.8) is 0 Å². The number of nitrogens with two attached hydrogens (primary N) is 1. The van der Waals surface area contributed by atoms with Crippen LogP contribution in [0.1, 0.15) is 29.7 Å². The van der Waals surface area contributed by atoms with Crippen molar-refractivity contribution in [2.75, 3.05) is 0 Å². The van der Waals surface area contributed by atoms with Gasteiger partial charge in [0.2, 0.25) is 0 Å². The average Bonchev–Trinajstić information content (AvgIpc) is 2.38. The third kappa shape index (κ3) is 2.68. The molecule has 0 aromatic heterocycles. The van der Waals surface area contributed by atoms with Crippen LogP contribution in [0.4, 0.5) is 0 Å². The number of halogens is 1. The Morgan fingerprint density at radius 3 is 2.59 bits per heavy atom. The quantitative estimate of drug-likeness (QED) is 0.871. The normalized spacial score (nSPS) is 12.4. The molecule has 2 N–H and O–H groups in total. The summed E-state index contributed by atoms with van der Waals surface area (Å²) < 4.78 is 0. The second-order valence-electron chi connectivity index (χ2n) is 4.10. The van der Waals surface area contributed by atoms with E-state index in [2.05, 4.69) is 19.1 Å². The van der Waals surface area contributed by atoms with E-state index in [9.17, 15) is 0 Å². The highest BCUT2D eigenvalue weighted by molar-refractivity contribution is 6.31. The van der Waals surface area contributed by atoms with Crippen LogP contribution >= 0.6 is 11.6 Å². The predicted molar refractivity (Wildman–Crippen MR) is 73.3 cm³/mol. The maximum Gasteiger partial charge on any atom is 0.0566 e. The zero-order valence-electron chi connectivity index (χ0n) is 9.86. The summed E-state index contributed by atoms with van der Waals surface area (Å²) in [6.45, 7) is 2.14. The second kappa shape index (κ2) is 5.35. The molecule has 0 saturated heterocycles. The first-order chi connectivity index (χ1) is 8.22. The van der Waals surface area contributed by atoms with Crippen LogP contribution in [0.25, 0.3) is 0 Å². The van der Waals surface area contributed by atoms with Gasteiger partial charge in [-0.2, -0.15) is 0 Å². The smallest absolute Gasteiger partial charge is 0.0566 e. The highest BCUT2D eigenvalue weighted by Crippen LogP contribution is 2.26. The van der Waals surface area contributed by atoms with E-state index in [1.165, 1.54) is 5.56 Å². The Labute approximate surface area is 107 Å². The van der Waals surface area contributed by atoms with Gasteiger partial charge in [0.05, 0.1) is 6.04 Å². The summed E-state index contributed by atoms with van der Waals surface area (Å²) in [7, 11) is 0. The minimum absolute atomic E-state index is 0.157. The van der Waals surface area contributed by atoms with Crippen LogP contribution in [0.2, 0.25) is 5.02 Å². The fourth-order valence-corrected chi connectivity index (χ4v) is 2.17. The van der Waals surface area contributed by atoms with Crippen molar-refractivity contribution < 1.29 is 0 Å². The van der Waals surface area contributed by atoms with E-state index in [0.717, 1.165) is 22.6 Å². The van der Waals surface area contributed by atoms with Crippen molar-refractivity contribution in [3.05, 3.63) is 70.2 Å².